The Labute approximate surface area is 125 Å². The molecule has 1 fully saturated rings. The Bertz CT molecular complexity index is 495. The van der Waals surface area contributed by atoms with Gasteiger partial charge >= 0.3 is 0 Å². The van der Waals surface area contributed by atoms with Gasteiger partial charge < -0.3 is 0 Å². The summed E-state index contributed by atoms with van der Waals surface area (Å²) in [5.41, 5.74) is 0.101. The molecule has 0 spiro atoms. The smallest absolute Gasteiger partial charge is 0.134 e. The van der Waals surface area contributed by atoms with Crippen LogP contribution in [0.2, 0.25) is 0 Å². The van der Waals surface area contributed by atoms with Gasteiger partial charge in [-0.25, -0.2) is 8.78 Å². The number of carbonyl (C=O) groups excluding carboxylic acids is 1. The molecule has 2 nitrogen and oxygen atoms in total. The van der Waals surface area contributed by atoms with Crippen molar-refractivity contribution in [2.24, 2.45) is 17.8 Å². The Morgan fingerprint density at radius 2 is 1.90 bits per heavy atom. The molecule has 4 heteroatoms. The van der Waals surface area contributed by atoms with E-state index in [0.29, 0.717) is 18.4 Å². The minimum absolute atomic E-state index is 0.0269. The summed E-state index contributed by atoms with van der Waals surface area (Å²) in [6, 6.07) is 3.94. The maximum Gasteiger partial charge on any atom is 0.134 e. The van der Waals surface area contributed by atoms with Crippen molar-refractivity contribution in [1.29, 1.82) is 0 Å². The van der Waals surface area contributed by atoms with Gasteiger partial charge in [0.15, 0.2) is 0 Å². The van der Waals surface area contributed by atoms with E-state index < -0.39 is 11.6 Å². The van der Waals surface area contributed by atoms with E-state index in [1.165, 1.54) is 18.2 Å². The van der Waals surface area contributed by atoms with Gasteiger partial charge in [-0.15, -0.1) is 0 Å². The Balaban J connectivity index is 2.16. The number of benzene rings is 1. The normalized spacial score (nSPS) is 23.5. The Kier molecular flexibility index (Phi) is 5.09. The number of nitrogens with zero attached hydrogens (tertiary/aromatic N) is 1. The molecule has 0 aliphatic carbocycles. The van der Waals surface area contributed by atoms with Crippen molar-refractivity contribution in [2.75, 3.05) is 13.1 Å². The van der Waals surface area contributed by atoms with Crippen molar-refractivity contribution in [3.63, 3.8) is 0 Å². The molecule has 0 saturated carbocycles. The molecule has 1 aliphatic heterocycles. The number of piperidine rings is 1. The fourth-order valence-corrected chi connectivity index (χ4v) is 3.05. The zero-order chi connectivity index (χ0) is 15.6. The topological polar surface area (TPSA) is 20.3 Å². The highest BCUT2D eigenvalue weighted by Gasteiger charge is 2.31. The second-order valence-corrected chi connectivity index (χ2v) is 6.44. The lowest BCUT2D eigenvalue weighted by Gasteiger charge is -2.38. The molecule has 116 valence electrons. The van der Waals surface area contributed by atoms with Crippen LogP contribution < -0.4 is 0 Å². The third kappa shape index (κ3) is 3.88. The molecule has 2 rings (SSSR count). The van der Waals surface area contributed by atoms with Gasteiger partial charge in [-0.2, -0.15) is 0 Å². The van der Waals surface area contributed by atoms with Crippen molar-refractivity contribution in [1.82, 2.24) is 4.90 Å². The highest BCUT2D eigenvalue weighted by Crippen LogP contribution is 2.29. The van der Waals surface area contributed by atoms with Crippen molar-refractivity contribution in [3.8, 4) is 0 Å². The van der Waals surface area contributed by atoms with E-state index in [0.717, 1.165) is 13.0 Å². The van der Waals surface area contributed by atoms with Crippen LogP contribution in [0.1, 0.15) is 32.8 Å². The van der Waals surface area contributed by atoms with Crippen LogP contribution in [0.25, 0.3) is 0 Å². The molecular formula is C17H23F2NO. The summed E-state index contributed by atoms with van der Waals surface area (Å²) in [5.74, 6) is -0.0370. The van der Waals surface area contributed by atoms with Crippen LogP contribution in [0, 0.1) is 29.4 Å². The minimum Gasteiger partial charge on any atom is -0.300 e. The molecule has 1 aromatic carbocycles. The van der Waals surface area contributed by atoms with E-state index in [9.17, 15) is 13.6 Å². The van der Waals surface area contributed by atoms with E-state index in [1.54, 1.807) is 6.92 Å². The van der Waals surface area contributed by atoms with Gasteiger partial charge in [-0.05, 0) is 37.3 Å². The highest BCUT2D eigenvalue weighted by atomic mass is 19.1. The van der Waals surface area contributed by atoms with Crippen molar-refractivity contribution < 1.29 is 13.6 Å². The number of Topliss-reactive ketones (excluding diaryl/α,β-unsaturated/α-hetero) is 1. The molecule has 1 aromatic rings. The quantitative estimate of drug-likeness (QED) is 0.845. The summed E-state index contributed by atoms with van der Waals surface area (Å²) >= 11 is 0. The second-order valence-electron chi connectivity index (χ2n) is 6.44. The predicted octanol–water partition coefficient (Wildman–Crippen LogP) is 3.65. The van der Waals surface area contributed by atoms with Crippen molar-refractivity contribution in [3.05, 3.63) is 35.4 Å². The monoisotopic (exact) mass is 295 g/mol. The fraction of sp³-hybridized carbons (Fsp3) is 0.588. The molecule has 2 unspecified atom stereocenters. The fourth-order valence-electron chi connectivity index (χ4n) is 3.05. The van der Waals surface area contributed by atoms with Gasteiger partial charge in [0.05, 0.1) is 0 Å². The molecular weight excluding hydrogens is 272 g/mol. The average Bonchev–Trinajstić information content (AvgIpc) is 2.42. The lowest BCUT2D eigenvalue weighted by atomic mass is 9.81. The molecule has 1 heterocycles. The van der Waals surface area contributed by atoms with Gasteiger partial charge in [-0.1, -0.05) is 19.9 Å². The van der Waals surface area contributed by atoms with Gasteiger partial charge in [0.25, 0.3) is 0 Å². The summed E-state index contributed by atoms with van der Waals surface area (Å²) in [7, 11) is 0. The zero-order valence-electron chi connectivity index (χ0n) is 12.9. The number of hydrogen-bond donors (Lipinski definition) is 0. The first-order chi connectivity index (χ1) is 9.88. The molecule has 1 saturated heterocycles. The molecule has 1 aliphatic rings. The van der Waals surface area contributed by atoms with E-state index in [-0.39, 0.29) is 23.8 Å². The van der Waals surface area contributed by atoms with Gasteiger partial charge in [-0.3, -0.25) is 9.69 Å². The number of likely N-dealkylation sites (tertiary alicyclic amines) is 1. The lowest BCUT2D eigenvalue weighted by molar-refractivity contribution is -0.123. The molecule has 0 radical (unpaired) electrons. The minimum atomic E-state index is -0.513. The van der Waals surface area contributed by atoms with Crippen LogP contribution in [-0.2, 0) is 11.3 Å². The Morgan fingerprint density at radius 1 is 1.29 bits per heavy atom. The standard InChI is InChI=1S/C17H23F2NO/c1-11(2)13-7-14(12(3)21)9-20(8-13)10-15-16(18)5-4-6-17(15)19/h4-6,11,13-14H,7-10H2,1-3H3. The van der Waals surface area contributed by atoms with Crippen LogP contribution in [-0.4, -0.2) is 23.8 Å². The van der Waals surface area contributed by atoms with Crippen LogP contribution in [0.4, 0.5) is 8.78 Å². The molecule has 0 aromatic heterocycles. The second kappa shape index (κ2) is 6.65. The van der Waals surface area contributed by atoms with Crippen LogP contribution in [0.5, 0.6) is 0 Å². The maximum atomic E-state index is 13.8. The molecule has 21 heavy (non-hydrogen) atoms. The summed E-state index contributed by atoms with van der Waals surface area (Å²) in [5, 5.41) is 0. The van der Waals surface area contributed by atoms with E-state index in [2.05, 4.69) is 13.8 Å². The number of halogens is 2. The number of rotatable bonds is 4. The van der Waals surface area contributed by atoms with Gasteiger partial charge in [0, 0.05) is 31.1 Å². The molecule has 0 N–H and O–H groups in total. The third-order valence-corrected chi connectivity index (χ3v) is 4.52. The first-order valence-corrected chi connectivity index (χ1v) is 7.54. The number of hydrogen-bond acceptors (Lipinski definition) is 2. The summed E-state index contributed by atoms with van der Waals surface area (Å²) in [6.07, 6.45) is 0.878. The van der Waals surface area contributed by atoms with Crippen LogP contribution in [0.15, 0.2) is 18.2 Å². The van der Waals surface area contributed by atoms with E-state index >= 15 is 0 Å². The summed E-state index contributed by atoms with van der Waals surface area (Å²) in [4.78, 5) is 13.7. The van der Waals surface area contributed by atoms with Crippen LogP contribution in [0.3, 0.4) is 0 Å². The number of carbonyl (C=O) groups is 1. The molecule has 0 bridgehead atoms. The SMILES string of the molecule is CC(=O)C1CC(C(C)C)CN(Cc2c(F)cccc2F)C1. The first-order valence-electron chi connectivity index (χ1n) is 7.54. The molecule has 2 atom stereocenters. The Morgan fingerprint density at radius 3 is 2.43 bits per heavy atom. The van der Waals surface area contributed by atoms with Gasteiger partial charge in [0.2, 0.25) is 0 Å². The van der Waals surface area contributed by atoms with E-state index in [1.807, 2.05) is 4.90 Å². The summed E-state index contributed by atoms with van der Waals surface area (Å²) in [6.45, 7) is 7.48. The van der Waals surface area contributed by atoms with E-state index in [4.69, 9.17) is 0 Å². The Hall–Kier alpha value is -1.29. The maximum absolute atomic E-state index is 13.8. The first kappa shape index (κ1) is 16.1. The zero-order valence-corrected chi connectivity index (χ0v) is 12.9. The lowest BCUT2D eigenvalue weighted by Crippen LogP contribution is -2.44. The largest absolute Gasteiger partial charge is 0.300 e. The molecule has 0 amide bonds. The van der Waals surface area contributed by atoms with Crippen molar-refractivity contribution in [2.45, 2.75) is 33.7 Å². The highest BCUT2D eigenvalue weighted by molar-refractivity contribution is 5.78. The number of ketones is 1. The predicted molar refractivity (Wildman–Crippen MR) is 78.8 cm³/mol. The van der Waals surface area contributed by atoms with Crippen LogP contribution >= 0.6 is 0 Å². The third-order valence-electron chi connectivity index (χ3n) is 4.52. The average molecular weight is 295 g/mol. The summed E-state index contributed by atoms with van der Waals surface area (Å²) < 4.78 is 27.6. The van der Waals surface area contributed by atoms with Crippen molar-refractivity contribution >= 4 is 5.78 Å². The van der Waals surface area contributed by atoms with Gasteiger partial charge in [0.1, 0.15) is 17.4 Å².